The van der Waals surface area contributed by atoms with E-state index in [4.69, 9.17) is 11.6 Å². The first-order valence-electron chi connectivity index (χ1n) is 5.69. The second kappa shape index (κ2) is 5.65. The van der Waals surface area contributed by atoms with Crippen LogP contribution in [0.4, 0.5) is 0 Å². The van der Waals surface area contributed by atoms with E-state index in [0.29, 0.717) is 17.8 Å². The van der Waals surface area contributed by atoms with Crippen LogP contribution in [0.15, 0.2) is 30.3 Å². The van der Waals surface area contributed by atoms with Crippen LogP contribution < -0.4 is 0 Å². The average molecular weight is 261 g/mol. The maximum atomic E-state index is 9.96. The third-order valence-electron chi connectivity index (χ3n) is 2.52. The van der Waals surface area contributed by atoms with Crippen LogP contribution in [0.25, 0.3) is 12.2 Å². The van der Waals surface area contributed by atoms with Crippen molar-refractivity contribution in [3.05, 3.63) is 52.6 Å². The van der Waals surface area contributed by atoms with Crippen molar-refractivity contribution in [2.75, 3.05) is 0 Å². The van der Waals surface area contributed by atoms with Crippen LogP contribution in [-0.2, 0) is 6.42 Å². The molecule has 0 amide bonds. The van der Waals surface area contributed by atoms with Crippen molar-refractivity contribution in [2.24, 2.45) is 0 Å². The highest BCUT2D eigenvalue weighted by molar-refractivity contribution is 6.28. The highest BCUT2D eigenvalue weighted by atomic mass is 35.5. The monoisotopic (exact) mass is 260 g/mol. The second-order valence-corrected chi connectivity index (χ2v) is 4.11. The first-order valence-corrected chi connectivity index (χ1v) is 6.07. The lowest BCUT2D eigenvalue weighted by Gasteiger charge is -2.04. The van der Waals surface area contributed by atoms with Crippen molar-refractivity contribution in [2.45, 2.75) is 13.3 Å². The molecule has 0 unspecified atom stereocenters. The van der Waals surface area contributed by atoms with E-state index in [9.17, 15) is 5.11 Å². The molecule has 92 valence electrons. The summed E-state index contributed by atoms with van der Waals surface area (Å²) in [5.41, 5.74) is 2.03. The van der Waals surface area contributed by atoms with E-state index in [1.54, 1.807) is 6.08 Å². The van der Waals surface area contributed by atoms with Gasteiger partial charge in [0, 0.05) is 0 Å². The molecule has 4 heteroatoms. The number of aromatic nitrogens is 2. The number of hydrogen-bond donors (Lipinski definition) is 1. The molecule has 18 heavy (non-hydrogen) atoms. The molecule has 1 aromatic carbocycles. The van der Waals surface area contributed by atoms with Crippen LogP contribution in [0.2, 0.25) is 5.28 Å². The molecule has 0 saturated heterocycles. The van der Waals surface area contributed by atoms with Gasteiger partial charge in [-0.15, -0.1) is 0 Å². The summed E-state index contributed by atoms with van der Waals surface area (Å²) >= 11 is 5.82. The Kier molecular flexibility index (Phi) is 3.95. The zero-order valence-electron chi connectivity index (χ0n) is 9.97. The summed E-state index contributed by atoms with van der Waals surface area (Å²) in [7, 11) is 0. The highest BCUT2D eigenvalue weighted by Crippen LogP contribution is 2.23. The Bertz CT molecular complexity index is 568. The molecular formula is C14H13ClN2O. The van der Waals surface area contributed by atoms with Crippen LogP contribution >= 0.6 is 11.6 Å². The van der Waals surface area contributed by atoms with Gasteiger partial charge in [0.1, 0.15) is 5.69 Å². The number of aryl methyl sites for hydroxylation is 1. The van der Waals surface area contributed by atoms with Crippen molar-refractivity contribution in [3.8, 4) is 5.75 Å². The van der Waals surface area contributed by atoms with E-state index < -0.39 is 0 Å². The number of hydrogen-bond acceptors (Lipinski definition) is 3. The zero-order chi connectivity index (χ0) is 13.0. The quantitative estimate of drug-likeness (QED) is 0.858. The minimum atomic E-state index is 0.0917. The van der Waals surface area contributed by atoms with Crippen LogP contribution in [0.1, 0.15) is 23.9 Å². The molecule has 1 heterocycles. The summed E-state index contributed by atoms with van der Waals surface area (Å²) < 4.78 is 0. The van der Waals surface area contributed by atoms with Crippen LogP contribution in [-0.4, -0.2) is 15.1 Å². The molecular weight excluding hydrogens is 248 g/mol. The number of nitrogens with zero attached hydrogens (tertiary/aromatic N) is 2. The van der Waals surface area contributed by atoms with Crippen LogP contribution in [0.5, 0.6) is 5.75 Å². The van der Waals surface area contributed by atoms with Gasteiger partial charge in [-0.25, -0.2) is 9.97 Å². The predicted molar refractivity (Wildman–Crippen MR) is 73.5 cm³/mol. The maximum absolute atomic E-state index is 9.96. The van der Waals surface area contributed by atoms with E-state index in [2.05, 4.69) is 9.97 Å². The van der Waals surface area contributed by atoms with Gasteiger partial charge in [0.15, 0.2) is 5.75 Å². The molecule has 2 rings (SSSR count). The molecule has 2 aromatic rings. The number of rotatable bonds is 3. The Hall–Kier alpha value is -1.87. The van der Waals surface area contributed by atoms with Gasteiger partial charge in [-0.1, -0.05) is 43.3 Å². The normalized spacial score (nSPS) is 11.0. The third-order valence-corrected chi connectivity index (χ3v) is 2.69. The first-order chi connectivity index (χ1) is 8.70. The fraction of sp³-hybridized carbons (Fsp3) is 0.143. The van der Waals surface area contributed by atoms with Crippen molar-refractivity contribution >= 4 is 23.8 Å². The fourth-order valence-corrected chi connectivity index (χ4v) is 1.78. The molecule has 0 aliphatic rings. The Morgan fingerprint density at radius 3 is 2.56 bits per heavy atom. The minimum Gasteiger partial charge on any atom is -0.504 e. The summed E-state index contributed by atoms with van der Waals surface area (Å²) in [4.78, 5) is 7.99. The smallest absolute Gasteiger partial charge is 0.223 e. The second-order valence-electron chi connectivity index (χ2n) is 3.77. The van der Waals surface area contributed by atoms with Crippen LogP contribution in [0, 0.1) is 0 Å². The van der Waals surface area contributed by atoms with E-state index in [0.717, 1.165) is 5.56 Å². The van der Waals surface area contributed by atoms with Crippen molar-refractivity contribution in [1.82, 2.24) is 9.97 Å². The molecule has 1 N–H and O–H groups in total. The van der Waals surface area contributed by atoms with Gasteiger partial charge >= 0.3 is 0 Å². The molecule has 0 fully saturated rings. The van der Waals surface area contributed by atoms with Gasteiger partial charge < -0.3 is 5.11 Å². The summed E-state index contributed by atoms with van der Waals surface area (Å²) in [6.07, 6.45) is 4.22. The van der Waals surface area contributed by atoms with Gasteiger partial charge in [0.05, 0.1) is 5.69 Å². The highest BCUT2D eigenvalue weighted by Gasteiger charge is 2.08. The average Bonchev–Trinajstić information content (AvgIpc) is 2.40. The summed E-state index contributed by atoms with van der Waals surface area (Å²) in [6, 6.07) is 9.79. The third kappa shape index (κ3) is 2.87. The summed E-state index contributed by atoms with van der Waals surface area (Å²) in [5, 5.41) is 10.1. The zero-order valence-corrected chi connectivity index (χ0v) is 10.7. The van der Waals surface area contributed by atoms with E-state index in [1.165, 1.54) is 0 Å². The Morgan fingerprint density at radius 2 is 1.89 bits per heavy atom. The summed E-state index contributed by atoms with van der Waals surface area (Å²) in [5.74, 6) is 0.0917. The topological polar surface area (TPSA) is 46.0 Å². The number of aromatic hydroxyl groups is 1. The van der Waals surface area contributed by atoms with Gasteiger partial charge in [-0.2, -0.15) is 0 Å². The van der Waals surface area contributed by atoms with E-state index >= 15 is 0 Å². The number of benzene rings is 1. The predicted octanol–water partition coefficient (Wildman–Crippen LogP) is 3.57. The molecule has 0 saturated carbocycles. The van der Waals surface area contributed by atoms with Gasteiger partial charge in [0.25, 0.3) is 0 Å². The first kappa shape index (κ1) is 12.6. The molecule has 1 aromatic heterocycles. The Morgan fingerprint density at radius 1 is 1.17 bits per heavy atom. The molecule has 0 aliphatic carbocycles. The van der Waals surface area contributed by atoms with Gasteiger partial charge in [-0.05, 0) is 29.7 Å². The maximum Gasteiger partial charge on any atom is 0.223 e. The Balaban J connectivity index is 2.35. The van der Waals surface area contributed by atoms with Crippen LogP contribution in [0.3, 0.4) is 0 Å². The Labute approximate surface area is 111 Å². The molecule has 0 atom stereocenters. The molecule has 0 spiro atoms. The molecule has 0 radical (unpaired) electrons. The standard InChI is InChI=1S/C14H13ClN2O/c1-2-11-13(18)12(17-14(15)16-11)9-8-10-6-4-3-5-7-10/h3-9,18H,2H2,1H3/b9-8+. The largest absolute Gasteiger partial charge is 0.504 e. The van der Waals surface area contributed by atoms with Gasteiger partial charge in [-0.3, -0.25) is 0 Å². The van der Waals surface area contributed by atoms with Crippen molar-refractivity contribution < 1.29 is 5.11 Å². The van der Waals surface area contributed by atoms with Gasteiger partial charge in [0.2, 0.25) is 5.28 Å². The minimum absolute atomic E-state index is 0.0917. The molecule has 0 bridgehead atoms. The van der Waals surface area contributed by atoms with Crippen molar-refractivity contribution in [3.63, 3.8) is 0 Å². The van der Waals surface area contributed by atoms with E-state index in [-0.39, 0.29) is 11.0 Å². The van der Waals surface area contributed by atoms with E-state index in [1.807, 2.05) is 43.3 Å². The summed E-state index contributed by atoms with van der Waals surface area (Å²) in [6.45, 7) is 1.91. The lowest BCUT2D eigenvalue weighted by atomic mass is 10.2. The fourth-order valence-electron chi connectivity index (χ4n) is 1.59. The molecule has 0 aliphatic heterocycles. The SMILES string of the molecule is CCc1nc(Cl)nc(/C=C/c2ccccc2)c1O. The lowest BCUT2D eigenvalue weighted by Crippen LogP contribution is -1.95. The van der Waals surface area contributed by atoms with Crippen molar-refractivity contribution in [1.29, 1.82) is 0 Å². The molecule has 3 nitrogen and oxygen atoms in total. The lowest BCUT2D eigenvalue weighted by molar-refractivity contribution is 0.460. The number of halogens is 1.